The van der Waals surface area contributed by atoms with Gasteiger partial charge in [0, 0.05) is 11.4 Å². The van der Waals surface area contributed by atoms with E-state index in [0.29, 0.717) is 29.3 Å². The average molecular weight is 450 g/mol. The van der Waals surface area contributed by atoms with Crippen LogP contribution in [0.4, 0.5) is 11.4 Å². The van der Waals surface area contributed by atoms with Gasteiger partial charge in [0.25, 0.3) is 0 Å². The first-order valence-electron chi connectivity index (χ1n) is 9.36. The first-order valence-corrected chi connectivity index (χ1v) is 9.36. The SMILES string of the molecule is C=C(C)C(=C)OC[CH2-].CC.COC(=O)c1cc(N)cc(N)c1.[CH-]=Cc1ccccc1.[K+]. The Balaban J connectivity index is -0.000000369. The van der Waals surface area contributed by atoms with Crippen LogP contribution in [0.15, 0.2) is 73.0 Å². The van der Waals surface area contributed by atoms with Crippen molar-refractivity contribution in [2.45, 2.75) is 20.8 Å². The van der Waals surface area contributed by atoms with Crippen LogP contribution < -0.4 is 62.9 Å². The molecule has 0 amide bonds. The molecule has 6 heteroatoms. The molecule has 0 atom stereocenters. The summed E-state index contributed by atoms with van der Waals surface area (Å²) < 4.78 is 9.39. The molecule has 0 aliphatic heterocycles. The number of nitrogens with two attached hydrogens (primary N) is 2. The number of benzene rings is 2. The van der Waals surface area contributed by atoms with Gasteiger partial charge in [-0.1, -0.05) is 45.2 Å². The summed E-state index contributed by atoms with van der Waals surface area (Å²) in [5.41, 5.74) is 14.1. The van der Waals surface area contributed by atoms with Crippen LogP contribution in [-0.2, 0) is 9.47 Å². The Bertz CT molecular complexity index is 770. The van der Waals surface area contributed by atoms with Gasteiger partial charge in [0.1, 0.15) is 5.76 Å². The Morgan fingerprint density at radius 3 is 1.87 bits per heavy atom. The third-order valence-corrected chi connectivity index (χ3v) is 3.14. The zero-order valence-corrected chi connectivity index (χ0v) is 22.6. The van der Waals surface area contributed by atoms with Crippen LogP contribution in [0.2, 0.25) is 0 Å². The molecule has 0 aliphatic carbocycles. The number of methoxy groups -OCH3 is 1. The fraction of sp³-hybridized carbons (Fsp3) is 0.200. The van der Waals surface area contributed by atoms with Gasteiger partial charge in [0.2, 0.25) is 0 Å². The Labute approximate surface area is 230 Å². The molecule has 0 bridgehead atoms. The third-order valence-electron chi connectivity index (χ3n) is 3.14. The summed E-state index contributed by atoms with van der Waals surface area (Å²) in [5.74, 6) is 0.189. The number of ether oxygens (including phenoxy) is 2. The zero-order valence-electron chi connectivity index (χ0n) is 19.5. The van der Waals surface area contributed by atoms with Crippen molar-refractivity contribution in [1.82, 2.24) is 0 Å². The van der Waals surface area contributed by atoms with Crippen LogP contribution in [0.1, 0.15) is 36.7 Å². The Kier molecular flexibility index (Phi) is 23.3. The van der Waals surface area contributed by atoms with Gasteiger partial charge in [0.05, 0.1) is 12.7 Å². The molecule has 0 heterocycles. The molecule has 0 radical (unpaired) electrons. The maximum atomic E-state index is 11.0. The summed E-state index contributed by atoms with van der Waals surface area (Å²) >= 11 is 0. The summed E-state index contributed by atoms with van der Waals surface area (Å²) in [4.78, 5) is 11.0. The number of carbonyl (C=O) groups excluding carboxylic acids is 1. The van der Waals surface area contributed by atoms with E-state index in [1.165, 1.54) is 19.2 Å². The normalized spacial score (nSPS) is 8.16. The number of allylic oxidation sites excluding steroid dienone is 1. The summed E-state index contributed by atoms with van der Waals surface area (Å²) in [7, 11) is 1.31. The molecule has 2 aromatic rings. The van der Waals surface area contributed by atoms with Crippen LogP contribution in [0.5, 0.6) is 0 Å². The van der Waals surface area contributed by atoms with Crippen LogP contribution in [0, 0.1) is 13.5 Å². The molecule has 0 fully saturated rings. The van der Waals surface area contributed by atoms with E-state index in [9.17, 15) is 4.79 Å². The van der Waals surface area contributed by atoms with Gasteiger partial charge >= 0.3 is 57.4 Å². The smallest absolute Gasteiger partial charge is 0.526 e. The summed E-state index contributed by atoms with van der Waals surface area (Å²) in [6.45, 7) is 22.2. The van der Waals surface area contributed by atoms with Gasteiger partial charge in [-0.3, -0.25) is 6.58 Å². The van der Waals surface area contributed by atoms with Gasteiger partial charge in [-0.05, 0) is 37.3 Å². The first-order chi connectivity index (χ1) is 14.2. The summed E-state index contributed by atoms with van der Waals surface area (Å²) in [6, 6.07) is 14.4. The molecule has 0 saturated carbocycles. The zero-order chi connectivity index (χ0) is 23.5. The number of carbonyl (C=O) groups is 1. The van der Waals surface area contributed by atoms with E-state index in [0.717, 1.165) is 11.1 Å². The Morgan fingerprint density at radius 2 is 1.58 bits per heavy atom. The van der Waals surface area contributed by atoms with Crippen LogP contribution >= 0.6 is 0 Å². The topological polar surface area (TPSA) is 87.6 Å². The Morgan fingerprint density at radius 1 is 1.10 bits per heavy atom. The largest absolute Gasteiger partial charge is 1.00 e. The summed E-state index contributed by atoms with van der Waals surface area (Å²) in [6.07, 6.45) is 1.58. The molecule has 31 heavy (non-hydrogen) atoms. The minimum atomic E-state index is -0.436. The Hall–Kier alpha value is -1.83. The third kappa shape index (κ3) is 17.5. The van der Waals surface area contributed by atoms with Crippen LogP contribution in [-0.4, -0.2) is 19.7 Å². The maximum absolute atomic E-state index is 11.0. The van der Waals surface area contributed by atoms with Gasteiger partial charge < -0.3 is 27.9 Å². The minimum Gasteiger partial charge on any atom is -0.526 e. The predicted molar refractivity (Wildman–Crippen MR) is 128 cm³/mol. The van der Waals surface area contributed by atoms with Gasteiger partial charge in [-0.25, -0.2) is 10.9 Å². The van der Waals surface area contributed by atoms with Crippen molar-refractivity contribution < 1.29 is 65.7 Å². The monoisotopic (exact) mass is 449 g/mol. The fourth-order valence-electron chi connectivity index (χ4n) is 1.72. The molecule has 5 nitrogen and oxygen atoms in total. The van der Waals surface area contributed by atoms with Crippen LogP contribution in [0.3, 0.4) is 0 Å². The van der Waals surface area contributed by atoms with E-state index in [4.69, 9.17) is 22.8 Å². The molecular formula is C25H34KN2O3-. The molecule has 0 saturated heterocycles. The van der Waals surface area contributed by atoms with E-state index in [1.54, 1.807) is 12.1 Å². The van der Waals surface area contributed by atoms with E-state index in [-0.39, 0.29) is 51.4 Å². The predicted octanol–water partition coefficient (Wildman–Crippen LogP) is 2.73. The molecular weight excluding hydrogens is 415 g/mol. The molecule has 2 rings (SSSR count). The second-order valence-electron chi connectivity index (χ2n) is 5.51. The van der Waals surface area contributed by atoms with Gasteiger partial charge in [-0.15, -0.1) is 12.1 Å². The molecule has 0 aliphatic rings. The molecule has 4 N–H and O–H groups in total. The molecule has 0 spiro atoms. The van der Waals surface area contributed by atoms with Gasteiger partial charge in [0.15, 0.2) is 0 Å². The number of rotatable bonds is 5. The van der Waals surface area contributed by atoms with E-state index in [2.05, 4.69) is 24.8 Å². The van der Waals surface area contributed by atoms with Crippen molar-refractivity contribution >= 4 is 23.4 Å². The van der Waals surface area contributed by atoms with Crippen molar-refractivity contribution in [2.24, 2.45) is 0 Å². The number of anilines is 2. The second kappa shape index (κ2) is 21.4. The van der Waals surface area contributed by atoms with E-state index >= 15 is 0 Å². The van der Waals surface area contributed by atoms with Crippen molar-refractivity contribution in [3.8, 4) is 0 Å². The molecule has 164 valence electrons. The quantitative estimate of drug-likeness (QED) is 0.183. The van der Waals surface area contributed by atoms with Crippen molar-refractivity contribution in [3.05, 3.63) is 97.7 Å². The fourth-order valence-corrected chi connectivity index (χ4v) is 1.72. The first kappa shape index (κ1) is 33.8. The minimum absolute atomic E-state index is 0. The van der Waals surface area contributed by atoms with Crippen molar-refractivity contribution in [1.29, 1.82) is 0 Å². The number of hydrogen-bond donors (Lipinski definition) is 2. The summed E-state index contributed by atoms with van der Waals surface area (Å²) in [5, 5.41) is 0. The molecule has 0 aromatic heterocycles. The number of esters is 1. The van der Waals surface area contributed by atoms with E-state index < -0.39 is 5.97 Å². The number of nitrogen functional groups attached to an aromatic ring is 2. The molecule has 0 unspecified atom stereocenters. The standard InChI is InChI=1S/C8H10N2O2.C8H7.C7H11O.C2H6.K/c1-12-8(11)5-2-6(9)4-7(10)3-5;1-2-8-6-4-3-5-7-8;1-5-8-7(4)6(2)3;1-2;/h2-4H,9-10H2,1H3;1-7H;1-2,4-5H2,3H3;1-2H3;/q;2*-1;;+1. The van der Waals surface area contributed by atoms with Crippen molar-refractivity contribution in [2.75, 3.05) is 25.2 Å². The van der Waals surface area contributed by atoms with Crippen LogP contribution in [0.25, 0.3) is 6.08 Å². The second-order valence-corrected chi connectivity index (χ2v) is 5.51. The molecule has 2 aromatic carbocycles. The maximum Gasteiger partial charge on any atom is 1.00 e. The average Bonchev–Trinajstić information content (AvgIpc) is 2.75. The van der Waals surface area contributed by atoms with Gasteiger partial charge in [-0.2, -0.15) is 5.56 Å². The van der Waals surface area contributed by atoms with Crippen molar-refractivity contribution in [3.63, 3.8) is 0 Å². The number of hydrogen-bond acceptors (Lipinski definition) is 5. The van der Waals surface area contributed by atoms with E-state index in [1.807, 2.05) is 51.1 Å².